The lowest BCUT2D eigenvalue weighted by Crippen LogP contribution is -2.33. The van der Waals surface area contributed by atoms with Crippen LogP contribution in [0.25, 0.3) is 5.69 Å². The fraction of sp³-hybridized carbons (Fsp3) is 0.471. The summed E-state index contributed by atoms with van der Waals surface area (Å²) < 4.78 is 1.56. The van der Waals surface area contributed by atoms with Crippen molar-refractivity contribution in [2.24, 2.45) is 5.41 Å². The molecule has 22 heavy (non-hydrogen) atoms. The van der Waals surface area contributed by atoms with Gasteiger partial charge in [0.1, 0.15) is 0 Å². The van der Waals surface area contributed by atoms with Crippen molar-refractivity contribution in [3.05, 3.63) is 49.9 Å². The molecule has 2 bridgehead atoms. The lowest BCUT2D eigenvalue weighted by molar-refractivity contribution is 0.224. The van der Waals surface area contributed by atoms with E-state index in [4.69, 9.17) is 23.2 Å². The molecule has 1 N–H and O–H groups in total. The maximum Gasteiger partial charge on any atom is 0.275 e. The molecule has 0 spiro atoms. The van der Waals surface area contributed by atoms with Crippen molar-refractivity contribution in [2.45, 2.75) is 44.9 Å². The zero-order chi connectivity index (χ0) is 15.9. The Labute approximate surface area is 139 Å². The fourth-order valence-corrected chi connectivity index (χ4v) is 4.84. The van der Waals surface area contributed by atoms with Crippen LogP contribution in [0.4, 0.5) is 0 Å². The van der Waals surface area contributed by atoms with Crippen LogP contribution in [0.1, 0.15) is 50.8 Å². The summed E-state index contributed by atoms with van der Waals surface area (Å²) in [5, 5.41) is 4.42. The topological polar surface area (TPSA) is 37.8 Å². The van der Waals surface area contributed by atoms with Crippen LogP contribution in [-0.2, 0) is 5.41 Å². The van der Waals surface area contributed by atoms with Crippen molar-refractivity contribution >= 4 is 23.2 Å². The molecule has 2 aliphatic rings. The second-order valence-corrected chi connectivity index (χ2v) is 8.13. The van der Waals surface area contributed by atoms with Crippen LogP contribution < -0.4 is 5.56 Å². The molecule has 0 saturated heterocycles. The molecule has 4 rings (SSSR count). The Morgan fingerprint density at radius 2 is 2.00 bits per heavy atom. The van der Waals surface area contributed by atoms with E-state index in [1.807, 2.05) is 0 Å². The molecule has 1 saturated carbocycles. The second-order valence-electron chi connectivity index (χ2n) is 7.28. The van der Waals surface area contributed by atoms with Crippen LogP contribution in [0.15, 0.2) is 23.0 Å². The number of fused-ring (bicyclic) bond motifs is 5. The van der Waals surface area contributed by atoms with Crippen molar-refractivity contribution in [1.82, 2.24) is 9.78 Å². The van der Waals surface area contributed by atoms with Crippen molar-refractivity contribution < 1.29 is 0 Å². The van der Waals surface area contributed by atoms with Gasteiger partial charge in [-0.05, 0) is 42.4 Å². The third-order valence-electron chi connectivity index (χ3n) is 6.20. The molecule has 116 valence electrons. The number of aromatic amines is 1. The first kappa shape index (κ1) is 14.4. The Morgan fingerprint density at radius 3 is 2.68 bits per heavy atom. The zero-order valence-corrected chi connectivity index (χ0v) is 14.3. The first-order valence-electron chi connectivity index (χ1n) is 7.58. The lowest BCUT2D eigenvalue weighted by Gasteiger charge is -2.34. The number of hydrogen-bond donors (Lipinski definition) is 1. The van der Waals surface area contributed by atoms with Crippen LogP contribution in [0.2, 0.25) is 10.0 Å². The number of nitrogens with one attached hydrogen (secondary N) is 1. The van der Waals surface area contributed by atoms with Gasteiger partial charge in [-0.25, -0.2) is 4.68 Å². The van der Waals surface area contributed by atoms with Crippen molar-refractivity contribution in [2.75, 3.05) is 0 Å². The monoisotopic (exact) mass is 336 g/mol. The molecule has 1 aromatic carbocycles. The number of rotatable bonds is 1. The Bertz CT molecular complexity index is 849. The van der Waals surface area contributed by atoms with E-state index in [0.717, 1.165) is 24.1 Å². The van der Waals surface area contributed by atoms with Crippen LogP contribution in [0.3, 0.4) is 0 Å². The lowest BCUT2D eigenvalue weighted by atomic mass is 9.70. The minimum Gasteiger partial charge on any atom is -0.294 e. The normalized spacial score (nSPS) is 28.1. The molecule has 1 heterocycles. The third kappa shape index (κ3) is 1.51. The average Bonchev–Trinajstić information content (AvgIpc) is 2.96. The molecule has 1 fully saturated rings. The molecule has 3 nitrogen and oxygen atoms in total. The van der Waals surface area contributed by atoms with Gasteiger partial charge in [0, 0.05) is 21.7 Å². The number of nitrogens with zero attached hydrogens (tertiary/aromatic N) is 1. The first-order valence-corrected chi connectivity index (χ1v) is 8.34. The SMILES string of the molecule is CC1(C)[C@@H]2CC[C@@]1(C)c1[nH]n(-c3cc(Cl)ccc3Cl)c(=O)c12. The standard InChI is InChI=1S/C17H18Cl2N2O/c1-16(2)10-6-7-17(16,3)14-13(10)15(22)21(20-14)12-8-9(18)4-5-11(12)19/h4-5,8,10,20H,6-7H2,1-3H3/t10-,17+/m1/s1. The minimum absolute atomic E-state index is 0.0145. The highest BCUT2D eigenvalue weighted by Crippen LogP contribution is 2.66. The van der Waals surface area contributed by atoms with Gasteiger partial charge in [0.2, 0.25) is 0 Å². The number of hydrogen-bond acceptors (Lipinski definition) is 1. The van der Waals surface area contributed by atoms with Gasteiger partial charge >= 0.3 is 0 Å². The van der Waals surface area contributed by atoms with Crippen molar-refractivity contribution in [1.29, 1.82) is 0 Å². The summed E-state index contributed by atoms with van der Waals surface area (Å²) in [6, 6.07) is 5.17. The second kappa shape index (κ2) is 4.21. The van der Waals surface area contributed by atoms with Gasteiger partial charge < -0.3 is 0 Å². The minimum atomic E-state index is 0.0145. The average molecular weight is 337 g/mol. The van der Waals surface area contributed by atoms with Crippen LogP contribution >= 0.6 is 23.2 Å². The van der Waals surface area contributed by atoms with E-state index in [0.29, 0.717) is 21.7 Å². The van der Waals surface area contributed by atoms with Gasteiger partial charge in [0.05, 0.1) is 10.7 Å². The van der Waals surface area contributed by atoms with Crippen LogP contribution in [-0.4, -0.2) is 9.78 Å². The van der Waals surface area contributed by atoms with E-state index in [1.54, 1.807) is 22.9 Å². The molecule has 0 aliphatic heterocycles. The van der Waals surface area contributed by atoms with Crippen LogP contribution in [0, 0.1) is 5.41 Å². The molecule has 2 aliphatic carbocycles. The van der Waals surface area contributed by atoms with E-state index >= 15 is 0 Å². The zero-order valence-electron chi connectivity index (χ0n) is 12.8. The largest absolute Gasteiger partial charge is 0.294 e. The third-order valence-corrected chi connectivity index (χ3v) is 6.76. The van der Waals surface area contributed by atoms with Crippen LogP contribution in [0.5, 0.6) is 0 Å². The molecule has 0 amide bonds. The summed E-state index contributed by atoms with van der Waals surface area (Å²) >= 11 is 12.3. The number of halogens is 2. The Morgan fingerprint density at radius 1 is 1.27 bits per heavy atom. The van der Waals surface area contributed by atoms with Gasteiger partial charge in [-0.15, -0.1) is 0 Å². The molecular formula is C17H18Cl2N2O. The van der Waals surface area contributed by atoms with Crippen molar-refractivity contribution in [3.63, 3.8) is 0 Å². The van der Waals surface area contributed by atoms with E-state index in [-0.39, 0.29) is 16.4 Å². The summed E-state index contributed by atoms with van der Waals surface area (Å²) in [7, 11) is 0. The molecule has 1 aromatic heterocycles. The maximum absolute atomic E-state index is 13.0. The fourth-order valence-electron chi connectivity index (χ4n) is 4.47. The molecule has 5 heteroatoms. The quantitative estimate of drug-likeness (QED) is 0.808. The number of aromatic nitrogens is 2. The van der Waals surface area contributed by atoms with Crippen molar-refractivity contribution in [3.8, 4) is 5.69 Å². The molecule has 2 atom stereocenters. The van der Waals surface area contributed by atoms with Gasteiger partial charge in [0.15, 0.2) is 0 Å². The summed E-state index contributed by atoms with van der Waals surface area (Å²) in [5.41, 5.74) is 2.78. The van der Waals surface area contributed by atoms with E-state index < -0.39 is 0 Å². The summed E-state index contributed by atoms with van der Waals surface area (Å²) in [6.45, 7) is 6.81. The molecule has 0 radical (unpaired) electrons. The predicted octanol–water partition coefficient (Wildman–Crippen LogP) is 4.65. The maximum atomic E-state index is 13.0. The Hall–Kier alpha value is -1.19. The smallest absolute Gasteiger partial charge is 0.275 e. The highest BCUT2D eigenvalue weighted by Gasteiger charge is 2.61. The van der Waals surface area contributed by atoms with Gasteiger partial charge in [0.25, 0.3) is 5.56 Å². The number of H-pyrrole nitrogens is 1. The van der Waals surface area contributed by atoms with Gasteiger partial charge in [-0.1, -0.05) is 44.0 Å². The molecule has 0 unspecified atom stereocenters. The van der Waals surface area contributed by atoms with E-state index in [1.165, 1.54) is 0 Å². The van der Waals surface area contributed by atoms with Gasteiger partial charge in [-0.3, -0.25) is 9.89 Å². The number of benzene rings is 1. The Kier molecular flexibility index (Phi) is 2.76. The summed E-state index contributed by atoms with van der Waals surface area (Å²) in [4.78, 5) is 13.0. The van der Waals surface area contributed by atoms with E-state index in [2.05, 4.69) is 25.9 Å². The summed E-state index contributed by atoms with van der Waals surface area (Å²) in [5.74, 6) is 0.315. The highest BCUT2D eigenvalue weighted by molar-refractivity contribution is 6.34. The highest BCUT2D eigenvalue weighted by atomic mass is 35.5. The molecular weight excluding hydrogens is 319 g/mol. The predicted molar refractivity (Wildman–Crippen MR) is 89.5 cm³/mol. The van der Waals surface area contributed by atoms with Gasteiger partial charge in [-0.2, -0.15) is 0 Å². The first-order chi connectivity index (χ1) is 10.3. The molecule has 2 aromatic rings. The van der Waals surface area contributed by atoms with E-state index in [9.17, 15) is 4.79 Å². The Balaban J connectivity index is 1.98. The summed E-state index contributed by atoms with van der Waals surface area (Å²) in [6.07, 6.45) is 2.19.